The first-order valence-electron chi connectivity index (χ1n) is 3.63. The number of nitrogens with two attached hydrogens (primary N) is 1. The lowest BCUT2D eigenvalue weighted by atomic mass is 10.1. The molecule has 3 nitrogen and oxygen atoms in total. The zero-order valence-electron chi connectivity index (χ0n) is 7.10. The van der Waals surface area contributed by atoms with Gasteiger partial charge < -0.3 is 10.8 Å². The molecule has 7 heteroatoms. The Morgan fingerprint density at radius 2 is 1.93 bits per heavy atom. The summed E-state index contributed by atoms with van der Waals surface area (Å²) in [6.45, 7) is 0. The molecule has 0 fully saturated rings. The molecule has 0 aliphatic heterocycles. The first kappa shape index (κ1) is 11.6. The fourth-order valence-electron chi connectivity index (χ4n) is 0.992. The van der Waals surface area contributed by atoms with E-state index in [1.54, 1.807) is 0 Å². The van der Waals surface area contributed by atoms with Crippen LogP contribution in [-0.4, -0.2) is 11.1 Å². The first-order chi connectivity index (χ1) is 6.73. The maximum absolute atomic E-state index is 12.3. The monoisotopic (exact) mass is 239 g/mol. The average Bonchev–Trinajstić information content (AvgIpc) is 2.06. The molecule has 0 saturated carbocycles. The molecular formula is C8H5ClF3NO2. The fraction of sp³-hybridized carbons (Fsp3) is 0.125. The Morgan fingerprint density at radius 3 is 2.33 bits per heavy atom. The Balaban J connectivity index is 3.39. The molecule has 0 saturated heterocycles. The lowest BCUT2D eigenvalue weighted by Crippen LogP contribution is -2.10. The van der Waals surface area contributed by atoms with E-state index in [9.17, 15) is 18.0 Å². The van der Waals surface area contributed by atoms with Crippen LogP contribution in [-0.2, 0) is 6.18 Å². The van der Waals surface area contributed by atoms with Crippen LogP contribution in [0.4, 0.5) is 18.9 Å². The molecule has 0 bridgehead atoms. The van der Waals surface area contributed by atoms with Gasteiger partial charge in [-0.3, -0.25) is 0 Å². The molecule has 0 amide bonds. The minimum Gasteiger partial charge on any atom is -0.478 e. The second kappa shape index (κ2) is 3.62. The minimum atomic E-state index is -4.65. The Kier molecular flexibility index (Phi) is 2.81. The molecule has 0 atom stereocenters. The van der Waals surface area contributed by atoms with E-state index >= 15 is 0 Å². The van der Waals surface area contributed by atoms with E-state index in [4.69, 9.17) is 22.4 Å². The predicted molar refractivity (Wildman–Crippen MR) is 47.8 cm³/mol. The normalized spacial score (nSPS) is 11.5. The van der Waals surface area contributed by atoms with Crippen molar-refractivity contribution in [1.82, 2.24) is 0 Å². The van der Waals surface area contributed by atoms with Gasteiger partial charge >= 0.3 is 12.1 Å². The minimum absolute atomic E-state index is 0.451. The van der Waals surface area contributed by atoms with E-state index in [1.807, 2.05) is 0 Å². The molecule has 15 heavy (non-hydrogen) atoms. The average molecular weight is 240 g/mol. The zero-order chi connectivity index (χ0) is 11.8. The third-order valence-corrected chi connectivity index (χ3v) is 1.99. The number of alkyl halides is 3. The van der Waals surface area contributed by atoms with Gasteiger partial charge in [-0.15, -0.1) is 0 Å². The molecule has 0 aromatic heterocycles. The second-order valence-electron chi connectivity index (χ2n) is 2.72. The first-order valence-corrected chi connectivity index (χ1v) is 4.01. The van der Waals surface area contributed by atoms with Crippen LogP contribution in [0.25, 0.3) is 0 Å². The van der Waals surface area contributed by atoms with E-state index < -0.39 is 34.0 Å². The SMILES string of the molecule is Nc1cc(C(F)(F)F)c(Cl)cc1C(=O)O. The number of hydrogen-bond donors (Lipinski definition) is 2. The van der Waals surface area contributed by atoms with E-state index in [1.165, 1.54) is 0 Å². The summed E-state index contributed by atoms with van der Waals surface area (Å²) in [7, 11) is 0. The summed E-state index contributed by atoms with van der Waals surface area (Å²) in [4.78, 5) is 10.5. The van der Waals surface area contributed by atoms with Crippen LogP contribution < -0.4 is 5.73 Å². The summed E-state index contributed by atoms with van der Waals surface area (Å²) in [6, 6.07) is 1.19. The summed E-state index contributed by atoms with van der Waals surface area (Å²) in [5.41, 5.74) is 3.08. The van der Waals surface area contributed by atoms with Crippen molar-refractivity contribution in [2.45, 2.75) is 6.18 Å². The van der Waals surface area contributed by atoms with Crippen LogP contribution in [0.2, 0.25) is 5.02 Å². The van der Waals surface area contributed by atoms with E-state index in [0.29, 0.717) is 12.1 Å². The molecule has 0 spiro atoms. The van der Waals surface area contributed by atoms with E-state index in [0.717, 1.165) is 0 Å². The van der Waals surface area contributed by atoms with Crippen LogP contribution in [0.15, 0.2) is 12.1 Å². The number of anilines is 1. The van der Waals surface area contributed by atoms with Crippen molar-refractivity contribution in [3.63, 3.8) is 0 Å². The number of carbonyl (C=O) groups is 1. The molecule has 3 N–H and O–H groups in total. The van der Waals surface area contributed by atoms with Gasteiger partial charge in [0.15, 0.2) is 0 Å². The predicted octanol–water partition coefficient (Wildman–Crippen LogP) is 2.64. The Labute approximate surface area is 87.3 Å². The molecule has 0 aliphatic rings. The van der Waals surface area contributed by atoms with Crippen LogP contribution in [0, 0.1) is 0 Å². The number of hydrogen-bond acceptors (Lipinski definition) is 2. The standard InChI is InChI=1S/C8H5ClF3NO2/c9-5-1-3(7(14)15)6(13)2-4(5)8(10,11)12/h1-2H,13H2,(H,14,15). The molecular weight excluding hydrogens is 235 g/mol. The number of benzene rings is 1. The Hall–Kier alpha value is -1.43. The third-order valence-electron chi connectivity index (χ3n) is 1.68. The van der Waals surface area contributed by atoms with Crippen LogP contribution >= 0.6 is 11.6 Å². The number of nitrogen functional groups attached to an aromatic ring is 1. The third kappa shape index (κ3) is 2.33. The maximum atomic E-state index is 12.3. The van der Waals surface area contributed by atoms with Gasteiger partial charge in [-0.1, -0.05) is 11.6 Å². The topological polar surface area (TPSA) is 63.3 Å². The lowest BCUT2D eigenvalue weighted by molar-refractivity contribution is -0.137. The molecule has 0 aliphatic carbocycles. The highest BCUT2D eigenvalue weighted by atomic mass is 35.5. The molecule has 0 unspecified atom stereocenters. The van der Waals surface area contributed by atoms with Crippen molar-refractivity contribution in [3.05, 3.63) is 28.3 Å². The number of aromatic carboxylic acids is 1. The van der Waals surface area contributed by atoms with Gasteiger partial charge in [0.25, 0.3) is 0 Å². The van der Waals surface area contributed by atoms with Crippen molar-refractivity contribution >= 4 is 23.3 Å². The highest BCUT2D eigenvalue weighted by Gasteiger charge is 2.34. The zero-order valence-corrected chi connectivity index (χ0v) is 7.86. The number of carboxylic acids is 1. The molecule has 1 aromatic rings. The van der Waals surface area contributed by atoms with Crippen LogP contribution in [0.3, 0.4) is 0 Å². The largest absolute Gasteiger partial charge is 0.478 e. The van der Waals surface area contributed by atoms with Crippen molar-refractivity contribution in [2.75, 3.05) is 5.73 Å². The molecule has 82 valence electrons. The second-order valence-corrected chi connectivity index (χ2v) is 3.13. The smallest absolute Gasteiger partial charge is 0.417 e. The van der Waals surface area contributed by atoms with E-state index in [-0.39, 0.29) is 0 Å². The van der Waals surface area contributed by atoms with Gasteiger partial charge in [-0.05, 0) is 12.1 Å². The van der Waals surface area contributed by atoms with Crippen molar-refractivity contribution in [1.29, 1.82) is 0 Å². The summed E-state index contributed by atoms with van der Waals surface area (Å²) in [6.07, 6.45) is -4.65. The molecule has 1 rings (SSSR count). The molecule has 1 aromatic carbocycles. The van der Waals surface area contributed by atoms with E-state index in [2.05, 4.69) is 0 Å². The highest BCUT2D eigenvalue weighted by Crippen LogP contribution is 2.36. The number of rotatable bonds is 1. The summed E-state index contributed by atoms with van der Waals surface area (Å²) in [5, 5.41) is 7.88. The quantitative estimate of drug-likeness (QED) is 0.741. The Morgan fingerprint density at radius 1 is 1.40 bits per heavy atom. The summed E-state index contributed by atoms with van der Waals surface area (Å²) >= 11 is 5.29. The van der Waals surface area contributed by atoms with Gasteiger partial charge in [0, 0.05) is 5.69 Å². The van der Waals surface area contributed by atoms with Crippen molar-refractivity contribution < 1.29 is 23.1 Å². The highest BCUT2D eigenvalue weighted by molar-refractivity contribution is 6.32. The van der Waals surface area contributed by atoms with Crippen LogP contribution in [0.5, 0.6) is 0 Å². The molecule has 0 radical (unpaired) electrons. The summed E-state index contributed by atoms with van der Waals surface area (Å²) in [5.74, 6) is -1.43. The van der Waals surface area contributed by atoms with Gasteiger partial charge in [0.1, 0.15) is 0 Å². The Bertz CT molecular complexity index is 417. The van der Waals surface area contributed by atoms with Gasteiger partial charge in [-0.2, -0.15) is 13.2 Å². The fourth-order valence-corrected chi connectivity index (χ4v) is 1.26. The number of carboxylic acid groups (broad SMARTS) is 1. The van der Waals surface area contributed by atoms with Gasteiger partial charge in [-0.25, -0.2) is 4.79 Å². The number of halogens is 4. The lowest BCUT2D eigenvalue weighted by Gasteiger charge is -2.11. The van der Waals surface area contributed by atoms with Crippen molar-refractivity contribution in [3.8, 4) is 0 Å². The summed E-state index contributed by atoms with van der Waals surface area (Å²) < 4.78 is 36.8. The maximum Gasteiger partial charge on any atom is 0.417 e. The van der Waals surface area contributed by atoms with Gasteiger partial charge in [0.2, 0.25) is 0 Å². The molecule has 0 heterocycles. The van der Waals surface area contributed by atoms with Gasteiger partial charge in [0.05, 0.1) is 16.1 Å². The van der Waals surface area contributed by atoms with Crippen LogP contribution in [0.1, 0.15) is 15.9 Å². The van der Waals surface area contributed by atoms with Crippen molar-refractivity contribution in [2.24, 2.45) is 0 Å².